The van der Waals surface area contributed by atoms with Gasteiger partial charge in [-0.3, -0.25) is 0 Å². The van der Waals surface area contributed by atoms with Crippen molar-refractivity contribution in [2.24, 2.45) is 0 Å². The Hall–Kier alpha value is -0.270. The maximum absolute atomic E-state index is 5.71. The Morgan fingerprint density at radius 1 is 1.20 bits per heavy atom. The standard InChI is InChI=1S/C18H29IN/c1-4-7-15-20(14-6-3,16-8-5-2)17-18(19)12-10-9-11-13-18/h3,9-12H,4-5,7-8,13-17H2,1-2H3/q+1. The highest BCUT2D eigenvalue weighted by molar-refractivity contribution is 14.1. The predicted octanol–water partition coefficient (Wildman–Crippen LogP) is 4.73. The molecule has 1 rings (SSSR count). The van der Waals surface area contributed by atoms with Crippen molar-refractivity contribution in [3.8, 4) is 12.3 Å². The Morgan fingerprint density at radius 2 is 1.85 bits per heavy atom. The van der Waals surface area contributed by atoms with Gasteiger partial charge in [-0.15, -0.1) is 6.42 Å². The summed E-state index contributed by atoms with van der Waals surface area (Å²) < 4.78 is 1.34. The van der Waals surface area contributed by atoms with E-state index >= 15 is 0 Å². The van der Waals surface area contributed by atoms with E-state index in [0.29, 0.717) is 0 Å². The fourth-order valence-electron chi connectivity index (χ4n) is 2.98. The van der Waals surface area contributed by atoms with Crippen LogP contribution in [0.1, 0.15) is 46.0 Å². The van der Waals surface area contributed by atoms with Gasteiger partial charge in [-0.2, -0.15) is 0 Å². The van der Waals surface area contributed by atoms with Crippen LogP contribution in [0.5, 0.6) is 0 Å². The van der Waals surface area contributed by atoms with Crippen LogP contribution in [-0.2, 0) is 0 Å². The maximum atomic E-state index is 5.71. The van der Waals surface area contributed by atoms with E-state index in [1.54, 1.807) is 0 Å². The summed E-state index contributed by atoms with van der Waals surface area (Å²) in [5.74, 6) is 2.96. The molecule has 112 valence electrons. The molecule has 2 heteroatoms. The van der Waals surface area contributed by atoms with Gasteiger partial charge < -0.3 is 4.48 Å². The first kappa shape index (κ1) is 17.8. The average Bonchev–Trinajstić information content (AvgIpc) is 2.43. The first-order chi connectivity index (χ1) is 9.60. The molecule has 0 aromatic heterocycles. The number of alkyl halides is 1. The van der Waals surface area contributed by atoms with Gasteiger partial charge in [0.2, 0.25) is 0 Å². The Bertz CT molecular complexity index is 369. The number of terminal acetylenes is 1. The monoisotopic (exact) mass is 386 g/mol. The Kier molecular flexibility index (Phi) is 7.91. The largest absolute Gasteiger partial charge is 0.312 e. The molecule has 0 aliphatic heterocycles. The second-order valence-corrected chi connectivity index (χ2v) is 8.19. The van der Waals surface area contributed by atoms with E-state index in [-0.39, 0.29) is 3.42 Å². The smallest absolute Gasteiger partial charge is 0.140 e. The summed E-state index contributed by atoms with van der Waals surface area (Å²) >= 11 is 2.64. The zero-order chi connectivity index (χ0) is 14.9. The van der Waals surface area contributed by atoms with Crippen molar-refractivity contribution < 1.29 is 4.48 Å². The quantitative estimate of drug-likeness (QED) is 0.233. The molecular formula is C18H29IN+. The fourth-order valence-corrected chi connectivity index (χ4v) is 4.16. The molecule has 1 nitrogen and oxygen atoms in total. The Morgan fingerprint density at radius 3 is 2.30 bits per heavy atom. The van der Waals surface area contributed by atoms with Gasteiger partial charge in [0.15, 0.2) is 0 Å². The van der Waals surface area contributed by atoms with Crippen molar-refractivity contribution >= 4 is 22.6 Å². The molecule has 0 fully saturated rings. The van der Waals surface area contributed by atoms with Crippen LogP contribution in [0.3, 0.4) is 0 Å². The summed E-state index contributed by atoms with van der Waals surface area (Å²) in [5.41, 5.74) is 0. The number of hydrogen-bond donors (Lipinski definition) is 0. The van der Waals surface area contributed by atoms with E-state index in [9.17, 15) is 0 Å². The minimum absolute atomic E-state index is 0.241. The van der Waals surface area contributed by atoms with Crippen molar-refractivity contribution in [3.05, 3.63) is 24.3 Å². The van der Waals surface area contributed by atoms with E-state index in [1.165, 1.54) is 45.3 Å². The first-order valence-corrected chi connectivity index (χ1v) is 8.99. The summed E-state index contributed by atoms with van der Waals surface area (Å²) in [5, 5.41) is 0. The molecule has 0 spiro atoms. The van der Waals surface area contributed by atoms with Crippen LogP contribution < -0.4 is 0 Å². The molecule has 0 saturated heterocycles. The van der Waals surface area contributed by atoms with Crippen LogP contribution in [0.4, 0.5) is 0 Å². The zero-order valence-corrected chi connectivity index (χ0v) is 15.2. The third-order valence-corrected chi connectivity index (χ3v) is 5.24. The lowest BCUT2D eigenvalue weighted by molar-refractivity contribution is -0.922. The molecule has 20 heavy (non-hydrogen) atoms. The van der Waals surface area contributed by atoms with E-state index in [0.717, 1.165) is 17.4 Å². The van der Waals surface area contributed by atoms with E-state index in [4.69, 9.17) is 6.42 Å². The lowest BCUT2D eigenvalue weighted by Crippen LogP contribution is -2.55. The Labute approximate surface area is 139 Å². The number of nitrogens with zero attached hydrogens (tertiary/aromatic N) is 1. The molecule has 0 aromatic rings. The van der Waals surface area contributed by atoms with Crippen LogP contribution in [0.2, 0.25) is 0 Å². The zero-order valence-electron chi connectivity index (χ0n) is 13.1. The lowest BCUT2D eigenvalue weighted by atomic mass is 9.98. The van der Waals surface area contributed by atoms with Crippen LogP contribution in [0.15, 0.2) is 24.3 Å². The molecule has 0 heterocycles. The molecular weight excluding hydrogens is 357 g/mol. The van der Waals surface area contributed by atoms with E-state index in [1.807, 2.05) is 0 Å². The van der Waals surface area contributed by atoms with Crippen molar-refractivity contribution in [3.63, 3.8) is 0 Å². The molecule has 0 N–H and O–H groups in total. The number of rotatable bonds is 9. The van der Waals surface area contributed by atoms with Gasteiger partial charge in [0, 0.05) is 0 Å². The SMILES string of the molecule is C#CC[N+](CCCC)(CCCC)CC1(I)C=CC=CC1. The van der Waals surface area contributed by atoms with Crippen LogP contribution >= 0.6 is 22.6 Å². The third-order valence-electron chi connectivity index (χ3n) is 4.10. The van der Waals surface area contributed by atoms with Gasteiger partial charge in [0.25, 0.3) is 0 Å². The van der Waals surface area contributed by atoms with Crippen LogP contribution in [-0.4, -0.2) is 34.1 Å². The van der Waals surface area contributed by atoms with Gasteiger partial charge in [0.1, 0.15) is 6.54 Å². The van der Waals surface area contributed by atoms with Crippen molar-refractivity contribution in [2.45, 2.75) is 49.4 Å². The second kappa shape index (κ2) is 8.89. The molecule has 1 aliphatic carbocycles. The summed E-state index contributed by atoms with van der Waals surface area (Å²) in [4.78, 5) is 0. The van der Waals surface area contributed by atoms with E-state index < -0.39 is 0 Å². The van der Waals surface area contributed by atoms with Crippen LogP contribution in [0.25, 0.3) is 0 Å². The number of unbranched alkanes of at least 4 members (excludes halogenated alkanes) is 2. The topological polar surface area (TPSA) is 0 Å². The first-order valence-electron chi connectivity index (χ1n) is 7.91. The highest BCUT2D eigenvalue weighted by Crippen LogP contribution is 2.32. The summed E-state index contributed by atoms with van der Waals surface area (Å²) in [7, 11) is 0. The van der Waals surface area contributed by atoms with Gasteiger partial charge in [-0.05, 0) is 25.2 Å². The highest BCUT2D eigenvalue weighted by atomic mass is 127. The normalized spacial score (nSPS) is 21.9. The summed E-state index contributed by atoms with van der Waals surface area (Å²) in [6.45, 7) is 9.04. The minimum atomic E-state index is 0.241. The summed E-state index contributed by atoms with van der Waals surface area (Å²) in [6.07, 6.45) is 20.9. The minimum Gasteiger partial charge on any atom is -0.312 e. The summed E-state index contributed by atoms with van der Waals surface area (Å²) in [6, 6.07) is 0. The van der Waals surface area contributed by atoms with Crippen molar-refractivity contribution in [1.82, 2.24) is 0 Å². The molecule has 1 unspecified atom stereocenters. The van der Waals surface area contributed by atoms with Gasteiger partial charge in [-0.25, -0.2) is 0 Å². The van der Waals surface area contributed by atoms with Gasteiger partial charge in [0.05, 0.1) is 23.1 Å². The van der Waals surface area contributed by atoms with Gasteiger partial charge >= 0.3 is 0 Å². The average molecular weight is 386 g/mol. The number of halogens is 1. The van der Waals surface area contributed by atoms with E-state index in [2.05, 4.69) is 66.7 Å². The molecule has 1 atom stereocenters. The Balaban J connectivity index is 2.85. The third kappa shape index (κ3) is 5.61. The molecule has 0 bridgehead atoms. The molecule has 0 aromatic carbocycles. The fraction of sp³-hybridized carbons (Fsp3) is 0.667. The number of quaternary nitrogens is 1. The molecule has 0 amide bonds. The van der Waals surface area contributed by atoms with Gasteiger partial charge in [-0.1, -0.05) is 73.6 Å². The molecule has 1 aliphatic rings. The van der Waals surface area contributed by atoms with Crippen molar-refractivity contribution in [1.29, 1.82) is 0 Å². The lowest BCUT2D eigenvalue weighted by Gasteiger charge is -2.42. The molecule has 0 radical (unpaired) electrons. The predicted molar refractivity (Wildman–Crippen MR) is 98.0 cm³/mol. The second-order valence-electron chi connectivity index (χ2n) is 6.04. The van der Waals surface area contributed by atoms with Crippen LogP contribution in [0, 0.1) is 12.3 Å². The molecule has 0 saturated carbocycles. The highest BCUT2D eigenvalue weighted by Gasteiger charge is 2.36. The maximum Gasteiger partial charge on any atom is 0.140 e. The number of hydrogen-bond acceptors (Lipinski definition) is 0. The van der Waals surface area contributed by atoms with Crippen molar-refractivity contribution in [2.75, 3.05) is 26.2 Å². The number of allylic oxidation sites excluding steroid dienone is 3.